The van der Waals surface area contributed by atoms with Crippen molar-refractivity contribution in [3.63, 3.8) is 0 Å². The van der Waals surface area contributed by atoms with Crippen LogP contribution in [0, 0.1) is 0 Å². The Morgan fingerprint density at radius 1 is 1.53 bits per heavy atom. The number of hydrazine groups is 1. The Morgan fingerprint density at radius 2 is 2.33 bits per heavy atom. The smallest absolute Gasteiger partial charge is 0.219 e. The van der Waals surface area contributed by atoms with Gasteiger partial charge in [-0.05, 0) is 25.8 Å². The van der Waals surface area contributed by atoms with Gasteiger partial charge in [0, 0.05) is 6.04 Å². The third-order valence-electron chi connectivity index (χ3n) is 2.50. The molecule has 5 nitrogen and oxygen atoms in total. The fourth-order valence-electron chi connectivity index (χ4n) is 1.67. The number of hydrogen-bond acceptors (Lipinski definition) is 6. The number of rotatable bonds is 6. The third kappa shape index (κ3) is 2.87. The van der Waals surface area contributed by atoms with Crippen LogP contribution in [-0.2, 0) is 6.54 Å². The summed E-state index contributed by atoms with van der Waals surface area (Å²) in [5, 5.41) is 9.77. The third-order valence-corrected chi connectivity index (χ3v) is 3.34. The van der Waals surface area contributed by atoms with E-state index in [1.807, 2.05) is 0 Å². The van der Waals surface area contributed by atoms with Crippen LogP contribution in [0.5, 0.6) is 0 Å². The molecule has 0 bridgehead atoms. The topological polar surface area (TPSA) is 67.1 Å². The predicted octanol–water partition coefficient (Wildman–Crippen LogP) is 1.20. The van der Waals surface area contributed by atoms with Gasteiger partial charge in [-0.15, -0.1) is 10.2 Å². The standard InChI is InChI=1S/C9H17N5S/c1-2-5-14(7-3-4-7)6-8-12-13-9(11-10)15-8/h7H,2-6,10H2,1H3,(H,11,13). The van der Waals surface area contributed by atoms with Crippen molar-refractivity contribution in [3.05, 3.63) is 5.01 Å². The molecule has 3 N–H and O–H groups in total. The van der Waals surface area contributed by atoms with E-state index in [1.165, 1.54) is 30.6 Å². The molecule has 0 amide bonds. The van der Waals surface area contributed by atoms with E-state index in [4.69, 9.17) is 5.84 Å². The summed E-state index contributed by atoms with van der Waals surface area (Å²) in [6.45, 7) is 4.27. The molecule has 6 heteroatoms. The summed E-state index contributed by atoms with van der Waals surface area (Å²) in [6, 6.07) is 0.781. The van der Waals surface area contributed by atoms with Crippen LogP contribution in [0.25, 0.3) is 0 Å². The maximum Gasteiger partial charge on any atom is 0.219 e. The molecule has 1 fully saturated rings. The first kappa shape index (κ1) is 10.8. The van der Waals surface area contributed by atoms with Gasteiger partial charge in [-0.3, -0.25) is 10.3 Å². The Labute approximate surface area is 93.6 Å². The van der Waals surface area contributed by atoms with Crippen LogP contribution in [0.15, 0.2) is 0 Å². The Balaban J connectivity index is 1.92. The molecule has 84 valence electrons. The second kappa shape index (κ2) is 4.87. The molecule has 0 atom stereocenters. The Kier molecular flexibility index (Phi) is 3.50. The molecule has 0 aliphatic heterocycles. The van der Waals surface area contributed by atoms with E-state index in [0.717, 1.165) is 24.1 Å². The fraction of sp³-hybridized carbons (Fsp3) is 0.778. The number of nitrogen functional groups attached to an aromatic ring is 1. The Bertz CT molecular complexity index is 309. The first-order valence-corrected chi connectivity index (χ1v) is 6.18. The first-order chi connectivity index (χ1) is 7.33. The van der Waals surface area contributed by atoms with Gasteiger partial charge >= 0.3 is 0 Å². The molecular weight excluding hydrogens is 210 g/mol. The zero-order valence-electron chi connectivity index (χ0n) is 8.94. The minimum Gasteiger partial charge on any atom is -0.298 e. The van der Waals surface area contributed by atoms with E-state index in [9.17, 15) is 0 Å². The van der Waals surface area contributed by atoms with Crippen molar-refractivity contribution in [1.82, 2.24) is 15.1 Å². The summed E-state index contributed by atoms with van der Waals surface area (Å²) in [6.07, 6.45) is 3.86. The van der Waals surface area contributed by atoms with Crippen molar-refractivity contribution in [2.24, 2.45) is 5.84 Å². The number of nitrogens with two attached hydrogens (primary N) is 1. The second-order valence-corrected chi connectivity index (χ2v) is 4.91. The molecular formula is C9H17N5S. The lowest BCUT2D eigenvalue weighted by atomic mass is 10.4. The van der Waals surface area contributed by atoms with Gasteiger partial charge in [0.25, 0.3) is 0 Å². The zero-order valence-corrected chi connectivity index (χ0v) is 9.76. The van der Waals surface area contributed by atoms with Crippen molar-refractivity contribution in [1.29, 1.82) is 0 Å². The lowest BCUT2D eigenvalue weighted by Crippen LogP contribution is -2.26. The average molecular weight is 227 g/mol. The maximum absolute atomic E-state index is 5.27. The number of hydrogen-bond donors (Lipinski definition) is 2. The molecule has 0 aromatic carbocycles. The minimum absolute atomic E-state index is 0.692. The van der Waals surface area contributed by atoms with Crippen molar-refractivity contribution < 1.29 is 0 Å². The highest BCUT2D eigenvalue weighted by Crippen LogP contribution is 2.29. The van der Waals surface area contributed by atoms with E-state index in [-0.39, 0.29) is 0 Å². The van der Waals surface area contributed by atoms with E-state index < -0.39 is 0 Å². The Morgan fingerprint density at radius 3 is 2.87 bits per heavy atom. The van der Waals surface area contributed by atoms with Crippen LogP contribution in [0.4, 0.5) is 5.13 Å². The van der Waals surface area contributed by atoms with Crippen molar-refractivity contribution >= 4 is 16.5 Å². The van der Waals surface area contributed by atoms with Gasteiger partial charge < -0.3 is 0 Å². The van der Waals surface area contributed by atoms with Gasteiger partial charge in [0.15, 0.2) is 0 Å². The highest BCUT2D eigenvalue weighted by atomic mass is 32.1. The maximum atomic E-state index is 5.27. The van der Waals surface area contributed by atoms with E-state index >= 15 is 0 Å². The summed E-state index contributed by atoms with van der Waals surface area (Å²) in [5.41, 5.74) is 2.52. The molecule has 1 aliphatic rings. The van der Waals surface area contributed by atoms with Crippen molar-refractivity contribution in [2.75, 3.05) is 12.0 Å². The number of aromatic nitrogens is 2. The molecule has 1 aromatic heterocycles. The second-order valence-electron chi connectivity index (χ2n) is 3.85. The van der Waals surface area contributed by atoms with Gasteiger partial charge in [-0.25, -0.2) is 5.84 Å². The lowest BCUT2D eigenvalue weighted by Gasteiger charge is -2.18. The number of anilines is 1. The monoisotopic (exact) mass is 227 g/mol. The molecule has 15 heavy (non-hydrogen) atoms. The number of nitrogens with zero attached hydrogens (tertiary/aromatic N) is 3. The van der Waals surface area contributed by atoms with Crippen LogP contribution in [-0.4, -0.2) is 27.7 Å². The minimum atomic E-state index is 0.692. The summed E-state index contributed by atoms with van der Waals surface area (Å²) in [7, 11) is 0. The highest BCUT2D eigenvalue weighted by Gasteiger charge is 2.28. The van der Waals surface area contributed by atoms with E-state index in [2.05, 4.69) is 27.4 Å². The first-order valence-electron chi connectivity index (χ1n) is 5.36. The molecule has 1 saturated carbocycles. The molecule has 1 heterocycles. The highest BCUT2D eigenvalue weighted by molar-refractivity contribution is 7.15. The molecule has 0 saturated heterocycles. The van der Waals surface area contributed by atoms with Gasteiger partial charge in [0.05, 0.1) is 6.54 Å². The van der Waals surface area contributed by atoms with Crippen molar-refractivity contribution in [2.45, 2.75) is 38.8 Å². The van der Waals surface area contributed by atoms with Gasteiger partial charge in [0.1, 0.15) is 5.01 Å². The molecule has 0 radical (unpaired) electrons. The summed E-state index contributed by atoms with van der Waals surface area (Å²) < 4.78 is 0. The average Bonchev–Trinajstić information content (AvgIpc) is 2.99. The normalized spacial score (nSPS) is 15.9. The van der Waals surface area contributed by atoms with Crippen LogP contribution in [0.1, 0.15) is 31.2 Å². The Hall–Kier alpha value is -0.720. The van der Waals surface area contributed by atoms with Gasteiger partial charge in [-0.1, -0.05) is 18.3 Å². The van der Waals surface area contributed by atoms with Crippen LogP contribution < -0.4 is 11.3 Å². The molecule has 0 spiro atoms. The zero-order chi connectivity index (χ0) is 10.7. The predicted molar refractivity (Wildman–Crippen MR) is 61.4 cm³/mol. The molecule has 0 unspecified atom stereocenters. The number of nitrogens with one attached hydrogen (secondary N) is 1. The van der Waals surface area contributed by atoms with E-state index in [0.29, 0.717) is 5.13 Å². The van der Waals surface area contributed by atoms with Crippen LogP contribution >= 0.6 is 11.3 Å². The van der Waals surface area contributed by atoms with Crippen molar-refractivity contribution in [3.8, 4) is 0 Å². The SMILES string of the molecule is CCCN(Cc1nnc(NN)s1)C1CC1. The van der Waals surface area contributed by atoms with Crippen LogP contribution in [0.2, 0.25) is 0 Å². The van der Waals surface area contributed by atoms with Crippen LogP contribution in [0.3, 0.4) is 0 Å². The quantitative estimate of drug-likeness (QED) is 0.564. The molecule has 2 rings (SSSR count). The summed E-state index contributed by atoms with van der Waals surface area (Å²) in [5.74, 6) is 5.27. The summed E-state index contributed by atoms with van der Waals surface area (Å²) in [4.78, 5) is 2.49. The largest absolute Gasteiger partial charge is 0.298 e. The summed E-state index contributed by atoms with van der Waals surface area (Å²) >= 11 is 1.53. The fourth-order valence-corrected chi connectivity index (χ4v) is 2.34. The van der Waals surface area contributed by atoms with E-state index in [1.54, 1.807) is 0 Å². The molecule has 1 aromatic rings. The van der Waals surface area contributed by atoms with Gasteiger partial charge in [0.2, 0.25) is 5.13 Å². The van der Waals surface area contributed by atoms with Gasteiger partial charge in [-0.2, -0.15) is 0 Å². The molecule has 1 aliphatic carbocycles. The lowest BCUT2D eigenvalue weighted by molar-refractivity contribution is 0.254.